The molecule has 138 valence electrons. The standard InChI is InChI=1S/C21H28N4O/c1-16-13-24(11-10-23(16)14-18-6-4-3-5-7-18)21(26)19-8-9-20-12-22-17(2)25(20)15-19/h3-7,12,16,19H,8-11,13-15H2,1-2H3/t16-,19?/m1/s1. The predicted octanol–water partition coefficient (Wildman–Crippen LogP) is 2.49. The van der Waals surface area contributed by atoms with Crippen molar-refractivity contribution in [2.45, 2.75) is 45.8 Å². The van der Waals surface area contributed by atoms with E-state index in [-0.39, 0.29) is 5.92 Å². The summed E-state index contributed by atoms with van der Waals surface area (Å²) >= 11 is 0. The van der Waals surface area contributed by atoms with Gasteiger partial charge in [-0.3, -0.25) is 9.69 Å². The molecule has 0 aliphatic carbocycles. The molecule has 26 heavy (non-hydrogen) atoms. The van der Waals surface area contributed by atoms with Crippen molar-refractivity contribution in [3.8, 4) is 0 Å². The van der Waals surface area contributed by atoms with E-state index in [1.165, 1.54) is 11.3 Å². The maximum atomic E-state index is 13.1. The second-order valence-corrected chi connectivity index (χ2v) is 7.73. The summed E-state index contributed by atoms with van der Waals surface area (Å²) in [6, 6.07) is 11.0. The van der Waals surface area contributed by atoms with Gasteiger partial charge in [0.2, 0.25) is 5.91 Å². The van der Waals surface area contributed by atoms with E-state index in [1.54, 1.807) is 0 Å². The van der Waals surface area contributed by atoms with Gasteiger partial charge in [0.1, 0.15) is 5.82 Å². The van der Waals surface area contributed by atoms with Crippen LogP contribution < -0.4 is 0 Å². The molecule has 1 fully saturated rings. The highest BCUT2D eigenvalue weighted by Crippen LogP contribution is 2.24. The summed E-state index contributed by atoms with van der Waals surface area (Å²) in [5.74, 6) is 1.46. The first-order chi connectivity index (χ1) is 12.6. The highest BCUT2D eigenvalue weighted by molar-refractivity contribution is 5.79. The third kappa shape index (κ3) is 3.40. The molecule has 1 unspecified atom stereocenters. The van der Waals surface area contributed by atoms with Crippen LogP contribution in [0, 0.1) is 12.8 Å². The molecular weight excluding hydrogens is 324 g/mol. The molecule has 0 N–H and O–H groups in total. The number of rotatable bonds is 3. The van der Waals surface area contributed by atoms with Gasteiger partial charge in [0.15, 0.2) is 0 Å². The average Bonchev–Trinajstić information content (AvgIpc) is 3.04. The molecule has 5 nitrogen and oxygen atoms in total. The van der Waals surface area contributed by atoms with Gasteiger partial charge in [0.05, 0.1) is 5.92 Å². The average molecular weight is 352 g/mol. The zero-order valence-electron chi connectivity index (χ0n) is 15.8. The lowest BCUT2D eigenvalue weighted by atomic mass is 9.96. The minimum Gasteiger partial charge on any atom is -0.340 e. The Kier molecular flexibility index (Phi) is 4.81. The fraction of sp³-hybridized carbons (Fsp3) is 0.524. The van der Waals surface area contributed by atoms with Crippen LogP contribution in [-0.2, 0) is 24.3 Å². The zero-order chi connectivity index (χ0) is 18.1. The third-order valence-corrected chi connectivity index (χ3v) is 5.94. The summed E-state index contributed by atoms with van der Waals surface area (Å²) in [4.78, 5) is 22.1. The predicted molar refractivity (Wildman–Crippen MR) is 102 cm³/mol. The maximum absolute atomic E-state index is 13.1. The topological polar surface area (TPSA) is 41.4 Å². The molecule has 0 spiro atoms. The number of benzene rings is 1. The highest BCUT2D eigenvalue weighted by atomic mass is 16.2. The first-order valence-corrected chi connectivity index (χ1v) is 9.69. The lowest BCUT2D eigenvalue weighted by molar-refractivity contribution is -0.139. The Hall–Kier alpha value is -2.14. The SMILES string of the molecule is Cc1ncc2n1CC(C(=O)N1CCN(Cc3ccccc3)[C@H](C)C1)CC2. The van der Waals surface area contributed by atoms with Crippen molar-refractivity contribution in [3.63, 3.8) is 0 Å². The molecule has 1 saturated heterocycles. The fourth-order valence-corrected chi connectivity index (χ4v) is 4.31. The Bertz CT molecular complexity index is 770. The van der Waals surface area contributed by atoms with E-state index in [0.29, 0.717) is 11.9 Å². The number of nitrogens with zero attached hydrogens (tertiary/aromatic N) is 4. The van der Waals surface area contributed by atoms with E-state index in [4.69, 9.17) is 0 Å². The van der Waals surface area contributed by atoms with Crippen LogP contribution in [0.25, 0.3) is 0 Å². The Morgan fingerprint density at radius 2 is 2.00 bits per heavy atom. The number of piperazine rings is 1. The lowest BCUT2D eigenvalue weighted by Crippen LogP contribution is -2.54. The van der Waals surface area contributed by atoms with Crippen LogP contribution in [-0.4, -0.2) is 50.9 Å². The smallest absolute Gasteiger partial charge is 0.227 e. The minimum atomic E-state index is 0.100. The van der Waals surface area contributed by atoms with Crippen LogP contribution in [0.15, 0.2) is 36.5 Å². The molecule has 1 amide bonds. The van der Waals surface area contributed by atoms with Crippen LogP contribution in [0.3, 0.4) is 0 Å². The minimum absolute atomic E-state index is 0.100. The molecule has 2 atom stereocenters. The fourth-order valence-electron chi connectivity index (χ4n) is 4.31. The van der Waals surface area contributed by atoms with Gasteiger partial charge >= 0.3 is 0 Å². The molecule has 1 aromatic heterocycles. The van der Waals surface area contributed by atoms with E-state index in [0.717, 1.165) is 51.4 Å². The molecule has 2 aromatic rings. The number of carbonyl (C=O) groups is 1. The number of carbonyl (C=O) groups excluding carboxylic acids is 1. The maximum Gasteiger partial charge on any atom is 0.227 e. The van der Waals surface area contributed by atoms with Crippen LogP contribution in [0.1, 0.15) is 30.4 Å². The Morgan fingerprint density at radius 1 is 1.19 bits per heavy atom. The summed E-state index contributed by atoms with van der Waals surface area (Å²) < 4.78 is 2.22. The second kappa shape index (κ2) is 7.23. The molecule has 0 bridgehead atoms. The van der Waals surface area contributed by atoms with Gasteiger partial charge in [0.25, 0.3) is 0 Å². The molecule has 1 aromatic carbocycles. The van der Waals surface area contributed by atoms with Crippen molar-refractivity contribution in [1.82, 2.24) is 19.4 Å². The Morgan fingerprint density at radius 3 is 2.77 bits per heavy atom. The van der Waals surface area contributed by atoms with Crippen LogP contribution >= 0.6 is 0 Å². The van der Waals surface area contributed by atoms with Crippen molar-refractivity contribution >= 4 is 5.91 Å². The first kappa shape index (κ1) is 17.3. The summed E-state index contributed by atoms with van der Waals surface area (Å²) in [5.41, 5.74) is 2.61. The summed E-state index contributed by atoms with van der Waals surface area (Å²) in [5, 5.41) is 0. The summed E-state index contributed by atoms with van der Waals surface area (Å²) in [6.45, 7) is 8.63. The van der Waals surface area contributed by atoms with Crippen LogP contribution in [0.5, 0.6) is 0 Å². The quantitative estimate of drug-likeness (QED) is 0.852. The Labute approximate surface area is 155 Å². The first-order valence-electron chi connectivity index (χ1n) is 9.69. The van der Waals surface area contributed by atoms with Crippen LogP contribution in [0.2, 0.25) is 0 Å². The van der Waals surface area contributed by atoms with Crippen molar-refractivity contribution in [2.75, 3.05) is 19.6 Å². The molecule has 5 heteroatoms. The third-order valence-electron chi connectivity index (χ3n) is 5.94. The number of amides is 1. The van der Waals surface area contributed by atoms with E-state index < -0.39 is 0 Å². The lowest BCUT2D eigenvalue weighted by Gasteiger charge is -2.41. The normalized spacial score (nSPS) is 23.7. The van der Waals surface area contributed by atoms with E-state index >= 15 is 0 Å². The van der Waals surface area contributed by atoms with Gasteiger partial charge in [-0.25, -0.2) is 4.98 Å². The van der Waals surface area contributed by atoms with Gasteiger partial charge in [-0.1, -0.05) is 30.3 Å². The van der Waals surface area contributed by atoms with E-state index in [2.05, 4.69) is 56.6 Å². The zero-order valence-corrected chi connectivity index (χ0v) is 15.8. The van der Waals surface area contributed by atoms with Gasteiger partial charge in [-0.15, -0.1) is 0 Å². The number of imidazole rings is 1. The molecule has 0 saturated carbocycles. The van der Waals surface area contributed by atoms with E-state index in [1.807, 2.05) is 13.1 Å². The molecule has 2 aliphatic rings. The molecule has 4 rings (SSSR count). The summed E-state index contributed by atoms with van der Waals surface area (Å²) in [7, 11) is 0. The number of aryl methyl sites for hydroxylation is 2. The van der Waals surface area contributed by atoms with Gasteiger partial charge < -0.3 is 9.47 Å². The molecule has 3 heterocycles. The van der Waals surface area contributed by atoms with Crippen molar-refractivity contribution in [2.24, 2.45) is 5.92 Å². The molecular formula is C21H28N4O. The number of aromatic nitrogens is 2. The van der Waals surface area contributed by atoms with Crippen LogP contribution in [0.4, 0.5) is 0 Å². The largest absolute Gasteiger partial charge is 0.340 e. The van der Waals surface area contributed by atoms with Crippen molar-refractivity contribution < 1.29 is 4.79 Å². The number of fused-ring (bicyclic) bond motifs is 1. The van der Waals surface area contributed by atoms with Gasteiger partial charge in [-0.05, 0) is 32.3 Å². The summed E-state index contributed by atoms with van der Waals surface area (Å²) in [6.07, 6.45) is 3.86. The monoisotopic (exact) mass is 352 g/mol. The van der Waals surface area contributed by atoms with Crippen molar-refractivity contribution in [1.29, 1.82) is 0 Å². The molecule has 0 radical (unpaired) electrons. The number of hydrogen-bond acceptors (Lipinski definition) is 3. The number of hydrogen-bond donors (Lipinski definition) is 0. The molecule has 2 aliphatic heterocycles. The Balaban J connectivity index is 1.36. The second-order valence-electron chi connectivity index (χ2n) is 7.73. The van der Waals surface area contributed by atoms with Crippen molar-refractivity contribution in [3.05, 3.63) is 53.6 Å². The highest BCUT2D eigenvalue weighted by Gasteiger charge is 2.33. The van der Waals surface area contributed by atoms with E-state index in [9.17, 15) is 4.79 Å². The van der Waals surface area contributed by atoms with Gasteiger partial charge in [-0.2, -0.15) is 0 Å². The van der Waals surface area contributed by atoms with Gasteiger partial charge in [0, 0.05) is 50.7 Å².